The van der Waals surface area contributed by atoms with Gasteiger partial charge in [0.25, 0.3) is 15.9 Å². The number of carbonyl (C=O) groups is 1. The van der Waals surface area contributed by atoms with Crippen LogP contribution in [0.2, 0.25) is 0 Å². The van der Waals surface area contributed by atoms with Gasteiger partial charge in [-0.05, 0) is 30.7 Å². The zero-order valence-electron chi connectivity index (χ0n) is 12.7. The van der Waals surface area contributed by atoms with Gasteiger partial charge in [0, 0.05) is 26.3 Å². The van der Waals surface area contributed by atoms with Crippen molar-refractivity contribution in [1.29, 1.82) is 0 Å². The van der Waals surface area contributed by atoms with Crippen LogP contribution in [0.4, 0.5) is 10.1 Å². The van der Waals surface area contributed by atoms with Crippen molar-refractivity contribution in [1.82, 2.24) is 9.47 Å². The monoisotopic (exact) mass is 337 g/mol. The summed E-state index contributed by atoms with van der Waals surface area (Å²) in [4.78, 5) is 13.5. The van der Waals surface area contributed by atoms with Crippen LogP contribution in [0.5, 0.6) is 0 Å². The van der Waals surface area contributed by atoms with Gasteiger partial charge >= 0.3 is 0 Å². The molecule has 0 fully saturated rings. The largest absolute Gasteiger partial charge is 0.340 e. The summed E-state index contributed by atoms with van der Waals surface area (Å²) in [5, 5.41) is 0. The van der Waals surface area contributed by atoms with E-state index < -0.39 is 15.8 Å². The van der Waals surface area contributed by atoms with Crippen LogP contribution in [0.15, 0.2) is 35.4 Å². The molecule has 23 heavy (non-hydrogen) atoms. The zero-order chi connectivity index (χ0) is 16.8. The predicted molar refractivity (Wildman–Crippen MR) is 83.3 cm³/mol. The van der Waals surface area contributed by atoms with Crippen molar-refractivity contribution >= 4 is 21.6 Å². The molecule has 1 aliphatic heterocycles. The maximum atomic E-state index is 13.8. The highest BCUT2D eigenvalue weighted by Gasteiger charge is 2.27. The summed E-state index contributed by atoms with van der Waals surface area (Å²) < 4.78 is 42.5. The lowest BCUT2D eigenvalue weighted by molar-refractivity contribution is 0.0749. The summed E-state index contributed by atoms with van der Waals surface area (Å²) in [5.74, 6) is -0.882. The van der Waals surface area contributed by atoms with Gasteiger partial charge in [-0.15, -0.1) is 0 Å². The molecule has 0 atom stereocenters. The number of nitrogens with one attached hydrogen (secondary N) is 1. The lowest BCUT2D eigenvalue weighted by atomic mass is 10.2. The van der Waals surface area contributed by atoms with Gasteiger partial charge in [0.15, 0.2) is 0 Å². The number of hydrogen-bond acceptors (Lipinski definition) is 3. The molecule has 0 spiro atoms. The highest BCUT2D eigenvalue weighted by Crippen LogP contribution is 2.23. The molecule has 3 rings (SSSR count). The molecule has 0 bridgehead atoms. The number of benzene rings is 1. The first kappa shape index (κ1) is 15.5. The molecule has 1 aromatic heterocycles. The number of aromatic nitrogens is 1. The van der Waals surface area contributed by atoms with Crippen LogP contribution in [0, 0.1) is 12.7 Å². The second kappa shape index (κ2) is 5.38. The Kier molecular flexibility index (Phi) is 3.63. The smallest absolute Gasteiger partial charge is 0.270 e. The lowest BCUT2D eigenvalue weighted by Crippen LogP contribution is -2.36. The first-order chi connectivity index (χ1) is 10.8. The maximum Gasteiger partial charge on any atom is 0.270 e. The molecule has 0 saturated heterocycles. The second-order valence-corrected chi connectivity index (χ2v) is 7.25. The topological polar surface area (TPSA) is 71.4 Å². The molecule has 2 heterocycles. The van der Waals surface area contributed by atoms with E-state index in [0.29, 0.717) is 24.3 Å². The Morgan fingerprint density at radius 2 is 1.96 bits per heavy atom. The van der Waals surface area contributed by atoms with Gasteiger partial charge in [-0.2, -0.15) is 0 Å². The average Bonchev–Trinajstić information content (AvgIpc) is 2.92. The summed E-state index contributed by atoms with van der Waals surface area (Å²) >= 11 is 0. The summed E-state index contributed by atoms with van der Waals surface area (Å²) in [7, 11) is -2.31. The summed E-state index contributed by atoms with van der Waals surface area (Å²) in [6.07, 6.45) is 1.40. The third kappa shape index (κ3) is 2.81. The van der Waals surface area contributed by atoms with E-state index >= 15 is 0 Å². The Morgan fingerprint density at radius 1 is 1.22 bits per heavy atom. The van der Waals surface area contributed by atoms with E-state index in [1.807, 2.05) is 0 Å². The van der Waals surface area contributed by atoms with Crippen LogP contribution < -0.4 is 4.72 Å². The molecule has 1 N–H and O–H groups in total. The van der Waals surface area contributed by atoms with Gasteiger partial charge in [0.05, 0.1) is 5.69 Å². The van der Waals surface area contributed by atoms with E-state index in [1.54, 1.807) is 24.6 Å². The van der Waals surface area contributed by atoms with Crippen LogP contribution in [-0.2, 0) is 16.6 Å². The Bertz CT molecular complexity index is 889. The second-order valence-electron chi connectivity index (χ2n) is 5.57. The fourth-order valence-electron chi connectivity index (χ4n) is 2.46. The van der Waals surface area contributed by atoms with Crippen LogP contribution in [0.3, 0.4) is 0 Å². The number of sulfonamides is 1. The fraction of sp³-hybridized carbons (Fsp3) is 0.267. The van der Waals surface area contributed by atoms with E-state index in [4.69, 9.17) is 0 Å². The van der Waals surface area contributed by atoms with Gasteiger partial charge in [-0.1, -0.05) is 6.07 Å². The molecule has 6 nitrogen and oxygen atoms in total. The van der Waals surface area contributed by atoms with Gasteiger partial charge in [-0.25, -0.2) is 12.8 Å². The standard InChI is InChI=1S/C15H16FN3O3S/c1-10-3-4-13(12(16)7-10)17-23(21,22)11-8-14-15(20)18(2)5-6-19(14)9-11/h3-4,7-9,17H,5-6H2,1-2H3. The zero-order valence-corrected chi connectivity index (χ0v) is 13.5. The van der Waals surface area contributed by atoms with Gasteiger partial charge < -0.3 is 9.47 Å². The molecule has 122 valence electrons. The molecule has 2 aromatic rings. The van der Waals surface area contributed by atoms with Crippen LogP contribution in [0.25, 0.3) is 0 Å². The molecular weight excluding hydrogens is 321 g/mol. The number of fused-ring (bicyclic) bond motifs is 1. The molecule has 0 saturated carbocycles. The third-order valence-electron chi connectivity index (χ3n) is 3.79. The van der Waals surface area contributed by atoms with E-state index in [2.05, 4.69) is 4.72 Å². The fourth-order valence-corrected chi connectivity index (χ4v) is 3.56. The minimum Gasteiger partial charge on any atom is -0.340 e. The molecule has 0 unspecified atom stereocenters. The number of amides is 1. The van der Waals surface area contributed by atoms with Crippen molar-refractivity contribution in [2.45, 2.75) is 18.4 Å². The molecule has 0 radical (unpaired) electrons. The number of hydrogen-bond donors (Lipinski definition) is 1. The number of carbonyl (C=O) groups excluding carboxylic acids is 1. The molecule has 8 heteroatoms. The quantitative estimate of drug-likeness (QED) is 0.929. The highest BCUT2D eigenvalue weighted by atomic mass is 32.2. The van der Waals surface area contributed by atoms with Gasteiger partial charge in [-0.3, -0.25) is 9.52 Å². The van der Waals surface area contributed by atoms with E-state index in [1.165, 1.54) is 29.3 Å². The molecule has 0 aliphatic carbocycles. The van der Waals surface area contributed by atoms with Crippen molar-refractivity contribution in [2.24, 2.45) is 0 Å². The van der Waals surface area contributed by atoms with Crippen molar-refractivity contribution in [3.05, 3.63) is 47.5 Å². The molecule has 1 aromatic carbocycles. The number of rotatable bonds is 3. The highest BCUT2D eigenvalue weighted by molar-refractivity contribution is 7.92. The van der Waals surface area contributed by atoms with Gasteiger partial charge in [0.2, 0.25) is 0 Å². The number of nitrogens with zero attached hydrogens (tertiary/aromatic N) is 2. The minimum atomic E-state index is -3.97. The first-order valence-electron chi connectivity index (χ1n) is 7.02. The van der Waals surface area contributed by atoms with Crippen molar-refractivity contribution in [3.8, 4) is 0 Å². The number of anilines is 1. The summed E-state index contributed by atoms with van der Waals surface area (Å²) in [5.41, 5.74) is 0.880. The Hall–Kier alpha value is -2.35. The number of halogens is 1. The lowest BCUT2D eigenvalue weighted by Gasteiger charge is -2.23. The molecular formula is C15H16FN3O3S. The normalized spacial score (nSPS) is 14.7. The van der Waals surface area contributed by atoms with E-state index in [0.717, 1.165) is 0 Å². The predicted octanol–water partition coefficient (Wildman–Crippen LogP) is 1.82. The SMILES string of the molecule is Cc1ccc(NS(=O)(=O)c2cc3n(c2)CCN(C)C3=O)c(F)c1. The summed E-state index contributed by atoms with van der Waals surface area (Å²) in [6.45, 7) is 2.75. The Labute approximate surface area is 133 Å². The third-order valence-corrected chi connectivity index (χ3v) is 5.13. The van der Waals surface area contributed by atoms with Gasteiger partial charge in [0.1, 0.15) is 16.4 Å². The first-order valence-corrected chi connectivity index (χ1v) is 8.51. The average molecular weight is 337 g/mol. The number of likely N-dealkylation sites (N-methyl/N-ethyl adjacent to an activating group) is 1. The van der Waals surface area contributed by atoms with Crippen molar-refractivity contribution in [2.75, 3.05) is 18.3 Å². The van der Waals surface area contributed by atoms with Crippen LogP contribution in [0.1, 0.15) is 16.1 Å². The Morgan fingerprint density at radius 3 is 2.65 bits per heavy atom. The van der Waals surface area contributed by atoms with Crippen molar-refractivity contribution in [3.63, 3.8) is 0 Å². The molecule has 1 aliphatic rings. The van der Waals surface area contributed by atoms with E-state index in [-0.39, 0.29) is 16.5 Å². The maximum absolute atomic E-state index is 13.8. The van der Waals surface area contributed by atoms with Crippen molar-refractivity contribution < 1.29 is 17.6 Å². The van der Waals surface area contributed by atoms with Crippen LogP contribution >= 0.6 is 0 Å². The molecule has 1 amide bonds. The van der Waals surface area contributed by atoms with E-state index in [9.17, 15) is 17.6 Å². The Balaban J connectivity index is 1.95. The summed E-state index contributed by atoms with van der Waals surface area (Å²) in [6, 6.07) is 5.55. The minimum absolute atomic E-state index is 0.0591. The van der Waals surface area contributed by atoms with Crippen LogP contribution in [-0.4, -0.2) is 37.4 Å². The number of aryl methyl sites for hydroxylation is 1.